The van der Waals surface area contributed by atoms with Gasteiger partial charge in [-0.15, -0.1) is 0 Å². The second-order valence-electron chi connectivity index (χ2n) is 8.88. The van der Waals surface area contributed by atoms with Gasteiger partial charge in [0.2, 0.25) is 0 Å². The number of phenolic OH excluding ortho intramolecular Hbond substituents is 1. The number of halogens is 1. The summed E-state index contributed by atoms with van der Waals surface area (Å²) in [5.74, 6) is -1.12. The van der Waals surface area contributed by atoms with Gasteiger partial charge in [0, 0.05) is 31.7 Å². The molecule has 2 saturated heterocycles. The van der Waals surface area contributed by atoms with E-state index >= 15 is 0 Å². The molecular weight excluding hydrogens is 544 g/mol. The first-order valence-corrected chi connectivity index (χ1v) is 13.0. The molecule has 2 aliphatic rings. The number of phenols is 1. The number of ketones is 1. The van der Waals surface area contributed by atoms with E-state index in [-0.39, 0.29) is 29.4 Å². The Morgan fingerprint density at radius 2 is 1.92 bits per heavy atom. The first-order valence-electron chi connectivity index (χ1n) is 12.2. The molecule has 2 heterocycles. The van der Waals surface area contributed by atoms with Crippen molar-refractivity contribution in [1.29, 1.82) is 0 Å². The van der Waals surface area contributed by atoms with Crippen LogP contribution in [0.4, 0.5) is 0 Å². The Labute approximate surface area is 224 Å². The number of rotatable bonds is 9. The number of likely N-dealkylation sites (tertiary alicyclic amines) is 1. The fourth-order valence-electron chi connectivity index (χ4n) is 4.55. The summed E-state index contributed by atoms with van der Waals surface area (Å²) in [6, 6.07) is 9.13. The zero-order valence-electron chi connectivity index (χ0n) is 20.9. The molecule has 198 valence electrons. The highest BCUT2D eigenvalue weighted by molar-refractivity contribution is 9.10. The lowest BCUT2D eigenvalue weighted by Gasteiger charge is -2.31. The van der Waals surface area contributed by atoms with Gasteiger partial charge in [-0.3, -0.25) is 14.5 Å². The highest BCUT2D eigenvalue weighted by Gasteiger charge is 2.46. The number of benzene rings is 2. The summed E-state index contributed by atoms with van der Waals surface area (Å²) in [5.41, 5.74) is 0.858. The second kappa shape index (κ2) is 12.0. The number of aliphatic hydroxyl groups excluding tert-OH is 1. The lowest BCUT2D eigenvalue weighted by molar-refractivity contribution is -0.140. The maximum absolute atomic E-state index is 13.4. The fourth-order valence-corrected chi connectivity index (χ4v) is 5.01. The summed E-state index contributed by atoms with van der Waals surface area (Å²) < 4.78 is 16.8. The van der Waals surface area contributed by atoms with Crippen LogP contribution in [0.1, 0.15) is 30.5 Å². The van der Waals surface area contributed by atoms with Crippen LogP contribution in [0.25, 0.3) is 5.76 Å². The molecule has 0 aliphatic carbocycles. The molecule has 2 fully saturated rings. The second-order valence-corrected chi connectivity index (χ2v) is 9.73. The number of carbonyl (C=O) groups is 2. The molecule has 0 spiro atoms. The number of carbonyl (C=O) groups excluding carboxylic acids is 2. The number of hydrogen-bond acceptors (Lipinski definition) is 8. The molecule has 4 rings (SSSR count). The first-order chi connectivity index (χ1) is 17.8. The number of aromatic hydroxyl groups is 1. The maximum atomic E-state index is 13.4. The zero-order valence-corrected chi connectivity index (χ0v) is 22.5. The van der Waals surface area contributed by atoms with Crippen LogP contribution in [0.2, 0.25) is 0 Å². The lowest BCUT2D eigenvalue weighted by atomic mass is 9.95. The molecule has 1 unspecified atom stereocenters. The maximum Gasteiger partial charge on any atom is 0.295 e. The molecule has 0 saturated carbocycles. The van der Waals surface area contributed by atoms with E-state index < -0.39 is 17.7 Å². The van der Waals surface area contributed by atoms with Gasteiger partial charge in [-0.05, 0) is 52.2 Å². The predicted molar refractivity (Wildman–Crippen MR) is 141 cm³/mol. The SMILES string of the molecule is CCCOc1cccc(/C(O)=C2\C(=O)C(=O)N(CCN3CCOCC3)C2c2cc(Br)c(O)c(OC)c2)c1. The molecule has 0 aromatic heterocycles. The minimum atomic E-state index is -0.882. The molecule has 1 amide bonds. The quantitative estimate of drug-likeness (QED) is 0.265. The third kappa shape index (κ3) is 5.76. The summed E-state index contributed by atoms with van der Waals surface area (Å²) in [7, 11) is 1.42. The van der Waals surface area contributed by atoms with E-state index in [4.69, 9.17) is 14.2 Å². The minimum absolute atomic E-state index is 0.0285. The summed E-state index contributed by atoms with van der Waals surface area (Å²) >= 11 is 3.34. The van der Waals surface area contributed by atoms with Crippen molar-refractivity contribution in [2.24, 2.45) is 0 Å². The summed E-state index contributed by atoms with van der Waals surface area (Å²) in [6.45, 7) is 6.01. The van der Waals surface area contributed by atoms with E-state index in [1.54, 1.807) is 36.4 Å². The number of methoxy groups -OCH3 is 1. The van der Waals surface area contributed by atoms with Crippen molar-refractivity contribution in [2.75, 3.05) is 53.1 Å². The van der Waals surface area contributed by atoms with Gasteiger partial charge < -0.3 is 29.3 Å². The molecule has 2 N–H and O–H groups in total. The molecule has 10 heteroatoms. The topological polar surface area (TPSA) is 109 Å². The summed E-state index contributed by atoms with van der Waals surface area (Å²) in [6.07, 6.45) is 0.821. The van der Waals surface area contributed by atoms with Gasteiger partial charge >= 0.3 is 0 Å². The fraction of sp³-hybridized carbons (Fsp3) is 0.407. The largest absolute Gasteiger partial charge is 0.507 e. The Kier molecular flexibility index (Phi) is 8.73. The number of aliphatic hydroxyl groups is 1. The third-order valence-electron chi connectivity index (χ3n) is 6.47. The Morgan fingerprint density at radius 1 is 1.16 bits per heavy atom. The first kappa shape index (κ1) is 27.0. The van der Waals surface area contributed by atoms with Crippen molar-refractivity contribution in [3.63, 3.8) is 0 Å². The molecule has 37 heavy (non-hydrogen) atoms. The van der Waals surface area contributed by atoms with Gasteiger partial charge in [-0.1, -0.05) is 19.1 Å². The number of hydrogen-bond donors (Lipinski definition) is 2. The van der Waals surface area contributed by atoms with Crippen LogP contribution in [0.5, 0.6) is 17.2 Å². The number of amides is 1. The highest BCUT2D eigenvalue weighted by atomic mass is 79.9. The normalized spacial score (nSPS) is 19.9. The molecule has 2 aromatic rings. The van der Waals surface area contributed by atoms with Crippen molar-refractivity contribution in [3.05, 3.63) is 57.6 Å². The standard InChI is InChI=1S/C27H31BrN2O7/c1-3-11-37-19-6-4-5-17(14-19)24(31)22-23(18-15-20(28)25(32)21(16-18)35-2)30(27(34)26(22)33)8-7-29-9-12-36-13-10-29/h4-6,14-16,23,31-32H,3,7-13H2,1-2H3/b24-22+. The van der Waals surface area contributed by atoms with Crippen LogP contribution >= 0.6 is 15.9 Å². The van der Waals surface area contributed by atoms with E-state index in [0.29, 0.717) is 47.7 Å². The van der Waals surface area contributed by atoms with Crippen molar-refractivity contribution >= 4 is 33.4 Å². The number of morpholine rings is 1. The van der Waals surface area contributed by atoms with E-state index in [1.807, 2.05) is 6.92 Å². The van der Waals surface area contributed by atoms with Crippen LogP contribution in [0.3, 0.4) is 0 Å². The van der Waals surface area contributed by atoms with Gasteiger partial charge in [-0.2, -0.15) is 0 Å². The Balaban J connectivity index is 1.79. The average molecular weight is 575 g/mol. The molecular formula is C27H31BrN2O7. The van der Waals surface area contributed by atoms with Crippen molar-refractivity contribution < 1.29 is 34.0 Å². The zero-order chi connectivity index (χ0) is 26.5. The predicted octanol–water partition coefficient (Wildman–Crippen LogP) is 3.71. The molecule has 0 radical (unpaired) electrons. The van der Waals surface area contributed by atoms with E-state index in [0.717, 1.165) is 19.5 Å². The monoisotopic (exact) mass is 574 g/mol. The average Bonchev–Trinajstić information content (AvgIpc) is 3.17. The smallest absolute Gasteiger partial charge is 0.295 e. The molecule has 2 aliphatic heterocycles. The number of ether oxygens (including phenoxy) is 3. The van der Waals surface area contributed by atoms with Crippen LogP contribution in [-0.2, 0) is 14.3 Å². The summed E-state index contributed by atoms with van der Waals surface area (Å²) in [5, 5.41) is 21.7. The van der Waals surface area contributed by atoms with Gasteiger partial charge in [0.25, 0.3) is 11.7 Å². The van der Waals surface area contributed by atoms with Crippen molar-refractivity contribution in [3.8, 4) is 17.2 Å². The van der Waals surface area contributed by atoms with Gasteiger partial charge in [0.15, 0.2) is 11.5 Å². The Morgan fingerprint density at radius 3 is 2.62 bits per heavy atom. The van der Waals surface area contributed by atoms with E-state index in [9.17, 15) is 19.8 Å². The van der Waals surface area contributed by atoms with Gasteiger partial charge in [0.1, 0.15) is 11.5 Å². The minimum Gasteiger partial charge on any atom is -0.507 e. The van der Waals surface area contributed by atoms with Crippen LogP contribution < -0.4 is 9.47 Å². The lowest BCUT2D eigenvalue weighted by Crippen LogP contribution is -2.42. The Hall–Kier alpha value is -3.08. The van der Waals surface area contributed by atoms with Crippen LogP contribution in [0, 0.1) is 0 Å². The summed E-state index contributed by atoms with van der Waals surface area (Å²) in [4.78, 5) is 30.3. The van der Waals surface area contributed by atoms with E-state index in [1.165, 1.54) is 12.0 Å². The van der Waals surface area contributed by atoms with Crippen LogP contribution in [-0.4, -0.2) is 84.8 Å². The van der Waals surface area contributed by atoms with Crippen LogP contribution in [0.15, 0.2) is 46.4 Å². The highest BCUT2D eigenvalue weighted by Crippen LogP contribution is 2.44. The van der Waals surface area contributed by atoms with E-state index in [2.05, 4.69) is 20.8 Å². The molecule has 1 atom stereocenters. The number of nitrogens with zero attached hydrogens (tertiary/aromatic N) is 2. The third-order valence-corrected chi connectivity index (χ3v) is 7.07. The van der Waals surface area contributed by atoms with Crippen molar-refractivity contribution in [2.45, 2.75) is 19.4 Å². The molecule has 0 bridgehead atoms. The molecule has 2 aromatic carbocycles. The van der Waals surface area contributed by atoms with Crippen molar-refractivity contribution in [1.82, 2.24) is 9.80 Å². The van der Waals surface area contributed by atoms with Gasteiger partial charge in [0.05, 0.1) is 43.0 Å². The van der Waals surface area contributed by atoms with Gasteiger partial charge in [-0.25, -0.2) is 0 Å². The Bertz CT molecular complexity index is 1190. The number of Topliss-reactive ketones (excluding diaryl/α,β-unsaturated/α-hetero) is 1. The molecule has 9 nitrogen and oxygen atoms in total.